The number of carbonyl (C=O) groups is 2. The van der Waals surface area contributed by atoms with Crippen molar-refractivity contribution in [2.24, 2.45) is 17.8 Å². The lowest BCUT2D eigenvalue weighted by Gasteiger charge is -2.17. The first-order valence-electron chi connectivity index (χ1n) is 5.81. The van der Waals surface area contributed by atoms with E-state index in [4.69, 9.17) is 4.74 Å². The van der Waals surface area contributed by atoms with Crippen LogP contribution < -0.4 is 0 Å². The number of esters is 1. The second kappa shape index (κ2) is 5.32. The van der Waals surface area contributed by atoms with Crippen molar-refractivity contribution in [3.8, 4) is 0 Å². The van der Waals surface area contributed by atoms with Crippen LogP contribution in [0.2, 0.25) is 0 Å². The molecule has 16 heavy (non-hydrogen) atoms. The zero-order chi connectivity index (χ0) is 12.3. The summed E-state index contributed by atoms with van der Waals surface area (Å²) in [6, 6.07) is 0. The topological polar surface area (TPSA) is 46.6 Å². The van der Waals surface area contributed by atoms with Crippen molar-refractivity contribution in [3.63, 3.8) is 0 Å². The van der Waals surface area contributed by atoms with Crippen LogP contribution in [0.3, 0.4) is 0 Å². The summed E-state index contributed by atoms with van der Waals surface area (Å²) in [6.07, 6.45) is 0.556. The Bertz CT molecular complexity index is 275. The van der Waals surface area contributed by atoms with E-state index in [0.717, 1.165) is 0 Å². The molecular formula is C12H21NO3. The van der Waals surface area contributed by atoms with Crippen molar-refractivity contribution >= 4 is 11.9 Å². The Kier molecular flexibility index (Phi) is 4.33. The molecule has 0 aromatic heterocycles. The molecule has 1 fully saturated rings. The van der Waals surface area contributed by atoms with Gasteiger partial charge in [0.15, 0.2) is 0 Å². The predicted molar refractivity (Wildman–Crippen MR) is 60.7 cm³/mol. The molecule has 1 rings (SSSR count). The molecule has 0 spiro atoms. The fourth-order valence-corrected chi connectivity index (χ4v) is 2.11. The number of carbonyl (C=O) groups excluding carboxylic acids is 2. The van der Waals surface area contributed by atoms with Crippen LogP contribution in [0.5, 0.6) is 0 Å². The van der Waals surface area contributed by atoms with Crippen molar-refractivity contribution in [1.82, 2.24) is 4.90 Å². The van der Waals surface area contributed by atoms with Gasteiger partial charge in [-0.25, -0.2) is 0 Å². The average molecular weight is 227 g/mol. The van der Waals surface area contributed by atoms with Gasteiger partial charge in [-0.1, -0.05) is 20.8 Å². The third-order valence-electron chi connectivity index (χ3n) is 3.05. The van der Waals surface area contributed by atoms with E-state index in [-0.39, 0.29) is 23.7 Å². The minimum atomic E-state index is -0.202. The molecule has 1 saturated heterocycles. The van der Waals surface area contributed by atoms with E-state index in [1.54, 1.807) is 4.90 Å². The third kappa shape index (κ3) is 2.97. The summed E-state index contributed by atoms with van der Waals surface area (Å²) in [5, 5.41) is 0. The number of amides is 1. The van der Waals surface area contributed by atoms with Crippen molar-refractivity contribution < 1.29 is 14.3 Å². The fraction of sp³-hybridized carbons (Fsp3) is 0.833. The van der Waals surface area contributed by atoms with Crippen LogP contribution in [0.1, 0.15) is 27.2 Å². The first-order chi connectivity index (χ1) is 7.45. The minimum absolute atomic E-state index is 0.147. The zero-order valence-corrected chi connectivity index (χ0v) is 10.5. The quantitative estimate of drug-likeness (QED) is 0.683. The normalized spacial score (nSPS) is 24.9. The van der Waals surface area contributed by atoms with E-state index in [9.17, 15) is 9.59 Å². The lowest BCUT2D eigenvalue weighted by molar-refractivity contribution is -0.146. The van der Waals surface area contributed by atoms with Crippen molar-refractivity contribution in [3.05, 3.63) is 0 Å². The number of ether oxygens (including phenoxy) is 1. The van der Waals surface area contributed by atoms with Gasteiger partial charge >= 0.3 is 5.97 Å². The molecule has 0 N–H and O–H groups in total. The van der Waals surface area contributed by atoms with Crippen LogP contribution in [-0.4, -0.2) is 37.0 Å². The van der Waals surface area contributed by atoms with Crippen molar-refractivity contribution in [2.75, 3.05) is 20.2 Å². The lowest BCUT2D eigenvalue weighted by atomic mass is 9.99. The first kappa shape index (κ1) is 13.0. The van der Waals surface area contributed by atoms with Crippen molar-refractivity contribution in [1.29, 1.82) is 0 Å². The average Bonchev–Trinajstić information content (AvgIpc) is 2.58. The Labute approximate surface area is 96.9 Å². The minimum Gasteiger partial charge on any atom is -0.469 e. The number of hydrogen-bond acceptors (Lipinski definition) is 3. The highest BCUT2D eigenvalue weighted by atomic mass is 16.5. The zero-order valence-electron chi connectivity index (χ0n) is 10.5. The van der Waals surface area contributed by atoms with Crippen LogP contribution >= 0.6 is 0 Å². The maximum Gasteiger partial charge on any atom is 0.310 e. The lowest BCUT2D eigenvalue weighted by Crippen LogP contribution is -2.30. The third-order valence-corrected chi connectivity index (χ3v) is 3.05. The molecule has 0 aromatic carbocycles. The summed E-state index contributed by atoms with van der Waals surface area (Å²) >= 11 is 0. The van der Waals surface area contributed by atoms with Crippen molar-refractivity contribution in [2.45, 2.75) is 27.2 Å². The smallest absolute Gasteiger partial charge is 0.310 e. The van der Waals surface area contributed by atoms with Gasteiger partial charge in [-0.3, -0.25) is 9.59 Å². The summed E-state index contributed by atoms with van der Waals surface area (Å²) in [4.78, 5) is 25.1. The summed E-state index contributed by atoms with van der Waals surface area (Å²) in [5.41, 5.74) is 0. The number of likely N-dealkylation sites (tertiary alicyclic amines) is 1. The summed E-state index contributed by atoms with van der Waals surface area (Å²) < 4.78 is 4.74. The Hall–Kier alpha value is -1.06. The molecule has 1 heterocycles. The number of methoxy groups -OCH3 is 1. The molecule has 92 valence electrons. The molecule has 0 bridgehead atoms. The van der Waals surface area contributed by atoms with Gasteiger partial charge in [0.05, 0.1) is 13.0 Å². The van der Waals surface area contributed by atoms with Crippen LogP contribution in [0.15, 0.2) is 0 Å². The highest BCUT2D eigenvalue weighted by molar-refractivity contribution is 5.79. The molecule has 1 amide bonds. The first-order valence-corrected chi connectivity index (χ1v) is 5.81. The van der Waals surface area contributed by atoms with E-state index in [1.807, 2.05) is 20.8 Å². The maximum absolute atomic E-state index is 11.8. The van der Waals surface area contributed by atoms with Gasteiger partial charge in [0.1, 0.15) is 0 Å². The highest BCUT2D eigenvalue weighted by Gasteiger charge is 2.37. The van der Waals surface area contributed by atoms with E-state index in [0.29, 0.717) is 25.4 Å². The molecule has 2 atom stereocenters. The van der Waals surface area contributed by atoms with Crippen LogP contribution in [-0.2, 0) is 14.3 Å². The molecule has 1 aliphatic rings. The molecule has 0 radical (unpaired) electrons. The molecule has 0 aliphatic carbocycles. The maximum atomic E-state index is 11.8. The van der Waals surface area contributed by atoms with Gasteiger partial charge in [-0.15, -0.1) is 0 Å². The number of hydrogen-bond donors (Lipinski definition) is 0. The van der Waals surface area contributed by atoms with Crippen LogP contribution in [0.4, 0.5) is 0 Å². The summed E-state index contributed by atoms with van der Waals surface area (Å²) in [7, 11) is 1.40. The SMILES string of the molecule is COC(=O)C1CN(C(=O)CC(C)C)CC1C. The van der Waals surface area contributed by atoms with E-state index in [2.05, 4.69) is 0 Å². The monoisotopic (exact) mass is 227 g/mol. The van der Waals surface area contributed by atoms with Crippen LogP contribution in [0, 0.1) is 17.8 Å². The Morgan fingerprint density at radius 1 is 1.38 bits per heavy atom. The molecule has 1 aliphatic heterocycles. The van der Waals surface area contributed by atoms with Gasteiger partial charge < -0.3 is 9.64 Å². The summed E-state index contributed by atoms with van der Waals surface area (Å²) in [5.74, 6) is 0.352. The number of rotatable bonds is 3. The second-order valence-corrected chi connectivity index (χ2v) is 5.00. The highest BCUT2D eigenvalue weighted by Crippen LogP contribution is 2.25. The molecular weight excluding hydrogens is 206 g/mol. The fourth-order valence-electron chi connectivity index (χ4n) is 2.11. The predicted octanol–water partition coefficient (Wildman–Crippen LogP) is 1.30. The second-order valence-electron chi connectivity index (χ2n) is 5.00. The Morgan fingerprint density at radius 3 is 2.50 bits per heavy atom. The molecule has 0 saturated carbocycles. The van der Waals surface area contributed by atoms with Crippen LogP contribution in [0.25, 0.3) is 0 Å². The molecule has 4 nitrogen and oxygen atoms in total. The van der Waals surface area contributed by atoms with Gasteiger partial charge in [0.25, 0.3) is 0 Å². The molecule has 0 aromatic rings. The van der Waals surface area contributed by atoms with Gasteiger partial charge in [0.2, 0.25) is 5.91 Å². The standard InChI is InChI=1S/C12H21NO3/c1-8(2)5-11(14)13-6-9(3)10(7-13)12(15)16-4/h8-10H,5-7H2,1-4H3. The Morgan fingerprint density at radius 2 is 2.00 bits per heavy atom. The summed E-state index contributed by atoms with van der Waals surface area (Å²) in [6.45, 7) is 7.22. The van der Waals surface area contributed by atoms with E-state index >= 15 is 0 Å². The van der Waals surface area contributed by atoms with Gasteiger partial charge in [-0.2, -0.15) is 0 Å². The van der Waals surface area contributed by atoms with Gasteiger partial charge in [0, 0.05) is 19.5 Å². The molecule has 4 heteroatoms. The number of nitrogens with zero attached hydrogens (tertiary/aromatic N) is 1. The van der Waals surface area contributed by atoms with Gasteiger partial charge in [-0.05, 0) is 11.8 Å². The van der Waals surface area contributed by atoms with E-state index in [1.165, 1.54) is 7.11 Å². The van der Waals surface area contributed by atoms with E-state index < -0.39 is 0 Å². The largest absolute Gasteiger partial charge is 0.469 e. The molecule has 2 unspecified atom stereocenters. The Balaban J connectivity index is 2.55.